The Kier molecular flexibility index (Phi) is 7.02. The van der Waals surface area contributed by atoms with Crippen LogP contribution in [-0.2, 0) is 23.3 Å². The molecular weight excluding hydrogens is 490 g/mol. The van der Waals surface area contributed by atoms with E-state index in [9.17, 15) is 0 Å². The molecule has 176 valence electrons. The summed E-state index contributed by atoms with van der Waals surface area (Å²) in [7, 11) is -1.72. The molecule has 0 radical (unpaired) electrons. The number of aromatic nitrogens is 3. The Bertz CT molecular complexity index is 1140. The van der Waals surface area contributed by atoms with E-state index in [1.165, 1.54) is 6.33 Å². The highest BCUT2D eigenvalue weighted by Crippen LogP contribution is 2.49. The maximum absolute atomic E-state index is 6.29. The monoisotopic (exact) mass is 512 g/mol. The Labute approximate surface area is 202 Å². The van der Waals surface area contributed by atoms with Crippen molar-refractivity contribution in [3.05, 3.63) is 52.4 Å². The number of ether oxygens (including phenoxy) is 1. The van der Waals surface area contributed by atoms with Gasteiger partial charge in [0.2, 0.25) is 0 Å². The van der Waals surface area contributed by atoms with E-state index in [-0.39, 0.29) is 24.4 Å². The molecule has 9 nitrogen and oxygen atoms in total. The summed E-state index contributed by atoms with van der Waals surface area (Å²) in [4.78, 5) is 13.7. The Morgan fingerprint density at radius 2 is 2.12 bits per heavy atom. The van der Waals surface area contributed by atoms with Crippen LogP contribution in [-0.4, -0.2) is 33.9 Å². The molecule has 2 aliphatic rings. The molecule has 0 aliphatic carbocycles. The molecule has 2 aliphatic heterocycles. The van der Waals surface area contributed by atoms with Crippen molar-refractivity contribution >= 4 is 48.7 Å². The number of halogens is 2. The van der Waals surface area contributed by atoms with Gasteiger partial charge in [-0.05, 0) is 30.2 Å². The second kappa shape index (κ2) is 9.98. The average molecular weight is 513 g/mol. The maximum Gasteiger partial charge on any atom is 0.363 e. The second-order valence-electron chi connectivity index (χ2n) is 8.05. The number of rotatable bonds is 5. The summed E-state index contributed by atoms with van der Waals surface area (Å²) in [6.45, 7) is 2.81. The van der Waals surface area contributed by atoms with Crippen LogP contribution in [0, 0.1) is 5.92 Å². The van der Waals surface area contributed by atoms with Crippen LogP contribution in [0.4, 0.5) is 5.82 Å². The van der Waals surface area contributed by atoms with Crippen molar-refractivity contribution in [3.63, 3.8) is 0 Å². The highest BCUT2D eigenvalue weighted by atomic mass is 35.5. The first kappa shape index (κ1) is 23.2. The first-order valence-corrected chi connectivity index (χ1v) is 12.4. The molecule has 4 heterocycles. The van der Waals surface area contributed by atoms with Gasteiger partial charge in [0, 0.05) is 18.5 Å². The minimum absolute atomic E-state index is 0.136. The van der Waals surface area contributed by atoms with Crippen molar-refractivity contribution in [1.29, 1.82) is 0 Å². The van der Waals surface area contributed by atoms with Gasteiger partial charge < -0.3 is 24.1 Å². The molecule has 0 amide bonds. The van der Waals surface area contributed by atoms with Gasteiger partial charge in [-0.1, -0.05) is 36.2 Å². The van der Waals surface area contributed by atoms with Gasteiger partial charge in [0.1, 0.15) is 24.0 Å². The third kappa shape index (κ3) is 4.97. The van der Waals surface area contributed by atoms with Gasteiger partial charge in [-0.3, -0.25) is 0 Å². The molecule has 12 heteroatoms. The zero-order chi connectivity index (χ0) is 22.9. The number of anilines is 1. The molecule has 3 aromatic rings. The van der Waals surface area contributed by atoms with Gasteiger partial charge in [-0.2, -0.15) is 4.67 Å². The van der Waals surface area contributed by atoms with E-state index in [1.807, 2.05) is 22.9 Å². The van der Waals surface area contributed by atoms with Gasteiger partial charge in [-0.25, -0.2) is 14.9 Å². The Balaban J connectivity index is 1.22. The van der Waals surface area contributed by atoms with E-state index in [2.05, 4.69) is 16.9 Å². The van der Waals surface area contributed by atoms with E-state index >= 15 is 0 Å². The van der Waals surface area contributed by atoms with Crippen LogP contribution in [0.5, 0.6) is 0 Å². The Morgan fingerprint density at radius 1 is 1.24 bits per heavy atom. The highest BCUT2D eigenvalue weighted by Gasteiger charge is 2.36. The van der Waals surface area contributed by atoms with E-state index in [0.29, 0.717) is 35.5 Å². The van der Waals surface area contributed by atoms with Crippen LogP contribution in [0.2, 0.25) is 10.0 Å². The second-order valence-corrected chi connectivity index (χ2v) is 9.93. The molecule has 0 saturated carbocycles. The molecule has 2 aromatic heterocycles. The summed E-state index contributed by atoms with van der Waals surface area (Å²) in [5.41, 5.74) is 7.60. The number of benzene rings is 1. The summed E-state index contributed by atoms with van der Waals surface area (Å²) >= 11 is 12.2. The zero-order valence-corrected chi connectivity index (χ0v) is 20.2. The van der Waals surface area contributed by atoms with E-state index in [1.54, 1.807) is 12.1 Å². The van der Waals surface area contributed by atoms with Crippen LogP contribution >= 0.6 is 31.8 Å². The molecular formula is C21H23Cl2N4O5P. The molecule has 0 bridgehead atoms. The molecule has 5 unspecified atom stereocenters. The number of nitrogens with two attached hydrogens (primary N) is 1. The van der Waals surface area contributed by atoms with Gasteiger partial charge in [0.05, 0.1) is 40.9 Å². The third-order valence-corrected chi connectivity index (χ3v) is 7.49. The maximum atomic E-state index is 6.29. The minimum atomic E-state index is -1.72. The summed E-state index contributed by atoms with van der Waals surface area (Å²) in [6, 6.07) is 7.32. The SMILES string of the molecule is CC1CC(COP2OOCCC(c3ccc(Cl)c(Cl)c3)O2)OC1n1ccc2c(N)ncnc21. The first-order chi connectivity index (χ1) is 16.0. The zero-order valence-electron chi connectivity index (χ0n) is 17.8. The number of nitrogens with zero attached hydrogens (tertiary/aromatic N) is 3. The Hall–Kier alpha value is -1.55. The van der Waals surface area contributed by atoms with Gasteiger partial charge >= 0.3 is 8.60 Å². The summed E-state index contributed by atoms with van der Waals surface area (Å²) in [6.07, 6.45) is 4.20. The van der Waals surface area contributed by atoms with Crippen molar-refractivity contribution < 1.29 is 23.3 Å². The number of fused-ring (bicyclic) bond motifs is 1. The fourth-order valence-corrected chi connectivity index (χ4v) is 5.44. The highest BCUT2D eigenvalue weighted by molar-refractivity contribution is 7.41. The number of hydrogen-bond acceptors (Lipinski definition) is 8. The lowest BCUT2D eigenvalue weighted by Gasteiger charge is -2.21. The minimum Gasteiger partial charge on any atom is -0.383 e. The van der Waals surface area contributed by atoms with Crippen molar-refractivity contribution in [2.24, 2.45) is 5.92 Å². The van der Waals surface area contributed by atoms with Crippen molar-refractivity contribution in [1.82, 2.24) is 14.5 Å². The van der Waals surface area contributed by atoms with Crippen LogP contribution in [0.15, 0.2) is 36.8 Å². The molecule has 33 heavy (non-hydrogen) atoms. The van der Waals surface area contributed by atoms with Gasteiger partial charge in [-0.15, -0.1) is 0 Å². The first-order valence-electron chi connectivity index (χ1n) is 10.6. The number of hydrogen-bond donors (Lipinski definition) is 1. The molecule has 5 atom stereocenters. The van der Waals surface area contributed by atoms with E-state index < -0.39 is 8.60 Å². The van der Waals surface area contributed by atoms with Crippen molar-refractivity contribution in [3.8, 4) is 0 Å². The van der Waals surface area contributed by atoms with Gasteiger partial charge in [0.25, 0.3) is 0 Å². The lowest BCUT2D eigenvalue weighted by Crippen LogP contribution is -2.16. The smallest absolute Gasteiger partial charge is 0.363 e. The standard InChI is InChI=1S/C21H23Cl2N4O5P/c1-12-8-14(30-21(12)27-6-4-15-19(24)25-11-26-20(15)27)10-29-33-31-18(5-7-28-32-33)13-2-3-16(22)17(23)9-13/h2-4,6,9,11-12,14,18,21H,5,7-8,10H2,1H3,(H2,24,25,26). The van der Waals surface area contributed by atoms with Gasteiger partial charge in [0.15, 0.2) is 0 Å². The normalized spacial score (nSPS) is 28.3. The lowest BCUT2D eigenvalue weighted by molar-refractivity contribution is -0.208. The fraction of sp³-hybridized carbons (Fsp3) is 0.429. The Morgan fingerprint density at radius 3 is 2.97 bits per heavy atom. The van der Waals surface area contributed by atoms with Crippen LogP contribution in [0.1, 0.15) is 37.7 Å². The van der Waals surface area contributed by atoms with Crippen molar-refractivity contribution in [2.45, 2.75) is 38.2 Å². The predicted molar refractivity (Wildman–Crippen MR) is 124 cm³/mol. The molecule has 2 N–H and O–H groups in total. The summed E-state index contributed by atoms with van der Waals surface area (Å²) < 4.78 is 25.6. The fourth-order valence-electron chi connectivity index (χ4n) is 4.11. The van der Waals surface area contributed by atoms with E-state index in [4.69, 9.17) is 52.3 Å². The predicted octanol–water partition coefficient (Wildman–Crippen LogP) is 5.60. The van der Waals surface area contributed by atoms with Crippen LogP contribution < -0.4 is 5.73 Å². The van der Waals surface area contributed by atoms with Crippen molar-refractivity contribution in [2.75, 3.05) is 18.9 Å². The molecule has 5 rings (SSSR count). The summed E-state index contributed by atoms with van der Waals surface area (Å²) in [5.74, 6) is 0.695. The quantitative estimate of drug-likeness (QED) is 0.348. The van der Waals surface area contributed by atoms with Crippen LogP contribution in [0.25, 0.3) is 11.0 Å². The largest absolute Gasteiger partial charge is 0.383 e. The molecule has 2 saturated heterocycles. The third-order valence-electron chi connectivity index (χ3n) is 5.74. The topological polar surface area (TPSA) is 103 Å². The average Bonchev–Trinajstić information content (AvgIpc) is 3.30. The molecule has 2 fully saturated rings. The number of nitrogen functional groups attached to an aromatic ring is 1. The molecule has 1 aromatic carbocycles. The summed E-state index contributed by atoms with van der Waals surface area (Å²) in [5, 5.41) is 1.77. The van der Waals surface area contributed by atoms with E-state index in [0.717, 1.165) is 23.0 Å². The molecule has 0 spiro atoms. The lowest BCUT2D eigenvalue weighted by atomic mass is 10.1. The van der Waals surface area contributed by atoms with Crippen LogP contribution in [0.3, 0.4) is 0 Å².